The second-order valence-electron chi connectivity index (χ2n) is 4.98. The number of para-hydroxylation sites is 1. The summed E-state index contributed by atoms with van der Waals surface area (Å²) in [4.78, 5) is 23.0. The zero-order valence-corrected chi connectivity index (χ0v) is 11.7. The van der Waals surface area contributed by atoms with E-state index in [4.69, 9.17) is 0 Å². The number of anilines is 1. The van der Waals surface area contributed by atoms with Crippen LogP contribution < -0.4 is 10.5 Å². The highest BCUT2D eigenvalue weighted by Gasteiger charge is 2.08. The molecule has 0 aliphatic heterocycles. The van der Waals surface area contributed by atoms with Gasteiger partial charge in [0.25, 0.3) is 5.56 Å². The predicted octanol–water partition coefficient (Wildman–Crippen LogP) is 1.31. The van der Waals surface area contributed by atoms with E-state index in [1.807, 2.05) is 19.2 Å². The van der Waals surface area contributed by atoms with Crippen molar-refractivity contribution in [3.63, 3.8) is 0 Å². The third-order valence-electron chi connectivity index (χ3n) is 3.16. The van der Waals surface area contributed by atoms with Crippen molar-refractivity contribution in [2.24, 2.45) is 0 Å². The number of fused-ring (bicyclic) bond motifs is 1. The molecule has 0 atom stereocenters. The van der Waals surface area contributed by atoms with Gasteiger partial charge in [-0.2, -0.15) is 0 Å². The molecule has 0 bridgehead atoms. The van der Waals surface area contributed by atoms with Crippen LogP contribution in [0.2, 0.25) is 0 Å². The molecule has 1 heterocycles. The molecule has 1 aromatic heterocycles. The van der Waals surface area contributed by atoms with Crippen LogP contribution in [0, 0.1) is 0 Å². The zero-order valence-electron chi connectivity index (χ0n) is 11.7. The highest BCUT2D eigenvalue weighted by atomic mass is 16.1. The molecule has 1 aromatic carbocycles. The number of hydrogen-bond donors (Lipinski definition) is 1. The smallest absolute Gasteiger partial charge is 0.258 e. The molecule has 0 fully saturated rings. The van der Waals surface area contributed by atoms with Gasteiger partial charge in [-0.25, -0.2) is 4.98 Å². The fraction of sp³-hybridized carbons (Fsp3) is 0.429. The lowest BCUT2D eigenvalue weighted by Gasteiger charge is -2.21. The molecule has 1 N–H and O–H groups in total. The minimum atomic E-state index is -0.0893. The van der Waals surface area contributed by atoms with Gasteiger partial charge in [-0.15, -0.1) is 0 Å². The molecule has 0 saturated heterocycles. The molecule has 0 amide bonds. The Hall–Kier alpha value is -1.88. The Morgan fingerprint density at radius 2 is 2.00 bits per heavy atom. The summed E-state index contributed by atoms with van der Waals surface area (Å²) in [5, 5.41) is 0.638. The maximum atomic E-state index is 11.7. The van der Waals surface area contributed by atoms with Crippen molar-refractivity contribution < 1.29 is 0 Å². The molecule has 102 valence electrons. The maximum Gasteiger partial charge on any atom is 0.258 e. The first kappa shape index (κ1) is 13.5. The van der Waals surface area contributed by atoms with Crippen LogP contribution in [0.15, 0.2) is 29.3 Å². The number of rotatable bonds is 5. The van der Waals surface area contributed by atoms with E-state index < -0.39 is 0 Å². The summed E-state index contributed by atoms with van der Waals surface area (Å²) in [6.07, 6.45) is 2.53. The molecule has 5 heteroatoms. The topological polar surface area (TPSA) is 52.2 Å². The van der Waals surface area contributed by atoms with Crippen LogP contribution in [0.4, 0.5) is 5.69 Å². The minimum Gasteiger partial charge on any atom is -0.373 e. The van der Waals surface area contributed by atoms with E-state index in [0.29, 0.717) is 5.39 Å². The molecule has 0 aliphatic rings. The third-order valence-corrected chi connectivity index (χ3v) is 3.16. The lowest BCUT2D eigenvalue weighted by Crippen LogP contribution is -2.24. The molecule has 2 rings (SSSR count). The van der Waals surface area contributed by atoms with Crippen molar-refractivity contribution in [3.05, 3.63) is 34.9 Å². The number of nitrogens with one attached hydrogen (secondary N) is 1. The molecule has 0 spiro atoms. The van der Waals surface area contributed by atoms with Crippen LogP contribution in [0.1, 0.15) is 6.42 Å². The molecule has 2 aromatic rings. The quantitative estimate of drug-likeness (QED) is 0.880. The van der Waals surface area contributed by atoms with E-state index >= 15 is 0 Å². The van der Waals surface area contributed by atoms with Gasteiger partial charge < -0.3 is 14.8 Å². The van der Waals surface area contributed by atoms with Gasteiger partial charge in [0.05, 0.1) is 17.4 Å². The Labute approximate surface area is 112 Å². The van der Waals surface area contributed by atoms with Crippen molar-refractivity contribution >= 4 is 16.6 Å². The Morgan fingerprint density at radius 1 is 1.21 bits per heavy atom. The van der Waals surface area contributed by atoms with Crippen molar-refractivity contribution in [3.8, 4) is 0 Å². The molecule has 5 nitrogen and oxygen atoms in total. The predicted molar refractivity (Wildman–Crippen MR) is 78.8 cm³/mol. The van der Waals surface area contributed by atoms with E-state index in [1.54, 1.807) is 6.07 Å². The summed E-state index contributed by atoms with van der Waals surface area (Å²) in [6.45, 7) is 1.98. The van der Waals surface area contributed by atoms with Gasteiger partial charge in [-0.1, -0.05) is 6.07 Å². The number of nitrogens with zero attached hydrogens (tertiary/aromatic N) is 3. The first-order valence-corrected chi connectivity index (χ1v) is 6.42. The SMILES string of the molecule is CN(C)CCCN(C)c1cccc2c(=O)[nH]cnc12. The van der Waals surface area contributed by atoms with Gasteiger partial charge in [0.15, 0.2) is 0 Å². The van der Waals surface area contributed by atoms with E-state index in [2.05, 4.69) is 33.9 Å². The van der Waals surface area contributed by atoms with Crippen LogP contribution in [-0.2, 0) is 0 Å². The molecule has 0 unspecified atom stereocenters. The van der Waals surface area contributed by atoms with Crippen molar-refractivity contribution in [1.29, 1.82) is 0 Å². The second-order valence-corrected chi connectivity index (χ2v) is 4.98. The number of aromatic nitrogens is 2. The van der Waals surface area contributed by atoms with Gasteiger partial charge in [-0.05, 0) is 39.2 Å². The summed E-state index contributed by atoms with van der Waals surface area (Å²) in [6, 6.07) is 5.71. The zero-order chi connectivity index (χ0) is 13.8. The second kappa shape index (κ2) is 5.84. The summed E-state index contributed by atoms with van der Waals surface area (Å²) in [7, 11) is 6.17. The Bertz CT molecular complexity index is 606. The van der Waals surface area contributed by atoms with E-state index in [0.717, 1.165) is 30.7 Å². The monoisotopic (exact) mass is 260 g/mol. The van der Waals surface area contributed by atoms with E-state index in [9.17, 15) is 4.79 Å². The van der Waals surface area contributed by atoms with Crippen molar-refractivity contribution in [2.75, 3.05) is 39.1 Å². The molecule has 0 radical (unpaired) electrons. The average Bonchev–Trinajstić information content (AvgIpc) is 2.38. The van der Waals surface area contributed by atoms with Gasteiger partial charge in [0.2, 0.25) is 0 Å². The summed E-state index contributed by atoms with van der Waals surface area (Å²) >= 11 is 0. The number of H-pyrrole nitrogens is 1. The number of benzene rings is 1. The Kier molecular flexibility index (Phi) is 4.16. The first-order valence-electron chi connectivity index (χ1n) is 6.42. The van der Waals surface area contributed by atoms with Crippen LogP contribution in [-0.4, -0.2) is 49.1 Å². The standard InChI is InChI=1S/C14H20N4O/c1-17(2)8-5-9-18(3)12-7-4-6-11-13(12)15-10-16-14(11)19/h4,6-7,10H,5,8-9H2,1-3H3,(H,15,16,19). The Morgan fingerprint density at radius 3 is 2.74 bits per heavy atom. The molecule has 0 saturated carbocycles. The lowest BCUT2D eigenvalue weighted by molar-refractivity contribution is 0.402. The number of aromatic amines is 1. The fourth-order valence-corrected chi connectivity index (χ4v) is 2.14. The Balaban J connectivity index is 2.25. The third kappa shape index (κ3) is 3.12. The highest BCUT2D eigenvalue weighted by Crippen LogP contribution is 2.21. The normalized spacial score (nSPS) is 11.2. The van der Waals surface area contributed by atoms with E-state index in [-0.39, 0.29) is 5.56 Å². The van der Waals surface area contributed by atoms with Crippen molar-refractivity contribution in [2.45, 2.75) is 6.42 Å². The van der Waals surface area contributed by atoms with Gasteiger partial charge in [0.1, 0.15) is 5.52 Å². The molecule has 19 heavy (non-hydrogen) atoms. The highest BCUT2D eigenvalue weighted by molar-refractivity contribution is 5.89. The largest absolute Gasteiger partial charge is 0.373 e. The summed E-state index contributed by atoms with van der Waals surface area (Å²) in [5.74, 6) is 0. The first-order chi connectivity index (χ1) is 9.09. The van der Waals surface area contributed by atoms with Crippen LogP contribution >= 0.6 is 0 Å². The summed E-state index contributed by atoms with van der Waals surface area (Å²) < 4.78 is 0. The van der Waals surface area contributed by atoms with Gasteiger partial charge in [-0.3, -0.25) is 4.79 Å². The molecular formula is C14H20N4O. The lowest BCUT2D eigenvalue weighted by atomic mass is 10.2. The van der Waals surface area contributed by atoms with E-state index in [1.165, 1.54) is 6.33 Å². The molecular weight excluding hydrogens is 240 g/mol. The minimum absolute atomic E-state index is 0.0893. The fourth-order valence-electron chi connectivity index (χ4n) is 2.14. The van der Waals surface area contributed by atoms with Crippen molar-refractivity contribution in [1.82, 2.24) is 14.9 Å². The van der Waals surface area contributed by atoms with Crippen LogP contribution in [0.5, 0.6) is 0 Å². The average molecular weight is 260 g/mol. The van der Waals surface area contributed by atoms with Crippen LogP contribution in [0.25, 0.3) is 10.9 Å². The molecule has 0 aliphatic carbocycles. The number of hydrogen-bond acceptors (Lipinski definition) is 4. The summed E-state index contributed by atoms with van der Waals surface area (Å²) in [5.41, 5.74) is 1.68. The van der Waals surface area contributed by atoms with Gasteiger partial charge >= 0.3 is 0 Å². The maximum absolute atomic E-state index is 11.7. The van der Waals surface area contributed by atoms with Crippen LogP contribution in [0.3, 0.4) is 0 Å². The van der Waals surface area contributed by atoms with Gasteiger partial charge in [0, 0.05) is 13.6 Å².